The lowest BCUT2D eigenvalue weighted by Gasteiger charge is -2.37. The van der Waals surface area contributed by atoms with Crippen LogP contribution in [0.25, 0.3) is 10.9 Å². The summed E-state index contributed by atoms with van der Waals surface area (Å²) >= 11 is 6.39. The minimum absolute atomic E-state index is 0.0263. The van der Waals surface area contributed by atoms with E-state index in [0.717, 1.165) is 12.8 Å². The molecule has 1 aromatic heterocycles. The van der Waals surface area contributed by atoms with Crippen molar-refractivity contribution in [2.45, 2.75) is 25.0 Å². The summed E-state index contributed by atoms with van der Waals surface area (Å²) in [6.45, 7) is 2.00. The van der Waals surface area contributed by atoms with Crippen molar-refractivity contribution in [3.05, 3.63) is 33.3 Å². The Hall–Kier alpha value is -2.40. The zero-order valence-electron chi connectivity index (χ0n) is 16.6. The van der Waals surface area contributed by atoms with E-state index in [-0.39, 0.29) is 40.0 Å². The van der Waals surface area contributed by atoms with Crippen LogP contribution in [0.4, 0.5) is 14.9 Å². The maximum Gasteiger partial charge on any atom is 0.511 e. The fraction of sp³-hybridized carbons (Fsp3) is 0.500. The third-order valence-electron chi connectivity index (χ3n) is 5.66. The van der Waals surface area contributed by atoms with Gasteiger partial charge in [-0.2, -0.15) is 0 Å². The highest BCUT2D eigenvalue weighted by Crippen LogP contribution is 2.41. The molecule has 9 nitrogen and oxygen atoms in total. The number of nitrogens with zero attached hydrogens (tertiary/aromatic N) is 3. The molecule has 1 saturated heterocycles. The number of β-amino-alcohol motifs (C(OH)–C–C–N with tert-alkyl or cyclic N) is 1. The van der Waals surface area contributed by atoms with Crippen molar-refractivity contribution in [1.82, 2.24) is 9.47 Å². The van der Waals surface area contributed by atoms with E-state index in [1.807, 2.05) is 4.90 Å². The van der Waals surface area contributed by atoms with E-state index in [0.29, 0.717) is 32.7 Å². The maximum atomic E-state index is 15.8. The van der Waals surface area contributed by atoms with E-state index < -0.39 is 23.5 Å². The van der Waals surface area contributed by atoms with Crippen LogP contribution in [-0.2, 0) is 0 Å². The summed E-state index contributed by atoms with van der Waals surface area (Å²) in [7, 11) is 0. The highest BCUT2D eigenvalue weighted by atomic mass is 35.5. The number of pyridine rings is 1. The van der Waals surface area contributed by atoms with Crippen molar-refractivity contribution in [1.29, 1.82) is 0 Å². The first-order chi connectivity index (χ1) is 14.8. The van der Waals surface area contributed by atoms with Gasteiger partial charge in [-0.3, -0.25) is 9.69 Å². The van der Waals surface area contributed by atoms with Crippen LogP contribution in [-0.4, -0.2) is 76.4 Å². The number of benzene rings is 1. The van der Waals surface area contributed by atoms with Gasteiger partial charge < -0.3 is 29.5 Å². The zero-order valence-corrected chi connectivity index (χ0v) is 17.4. The Morgan fingerprint density at radius 1 is 1.29 bits per heavy atom. The van der Waals surface area contributed by atoms with Crippen LogP contribution in [0.15, 0.2) is 17.1 Å². The molecule has 1 unspecified atom stereocenters. The summed E-state index contributed by atoms with van der Waals surface area (Å²) < 4.78 is 22.0. The fourth-order valence-corrected chi connectivity index (χ4v) is 4.33. The Balaban J connectivity index is 1.72. The molecule has 4 rings (SSSR count). The lowest BCUT2D eigenvalue weighted by molar-refractivity contribution is 0.0574. The van der Waals surface area contributed by atoms with E-state index in [1.165, 1.54) is 12.3 Å². The number of carbonyl (C=O) groups is 1. The molecule has 1 saturated carbocycles. The first-order valence-corrected chi connectivity index (χ1v) is 10.4. The van der Waals surface area contributed by atoms with Gasteiger partial charge in [0.2, 0.25) is 5.43 Å². The van der Waals surface area contributed by atoms with Gasteiger partial charge in [0.25, 0.3) is 0 Å². The molecule has 0 amide bonds. The number of aliphatic hydroxyl groups excluding tert-OH is 2. The molecule has 1 atom stereocenters. The van der Waals surface area contributed by atoms with Gasteiger partial charge in [0.05, 0.1) is 40.5 Å². The first kappa shape index (κ1) is 21.8. The normalized spacial score (nSPS) is 18.4. The molecule has 1 aromatic carbocycles. The number of piperazine rings is 1. The first-order valence-electron chi connectivity index (χ1n) is 10.0. The van der Waals surface area contributed by atoms with Gasteiger partial charge in [0, 0.05) is 38.8 Å². The second-order valence-electron chi connectivity index (χ2n) is 7.87. The van der Waals surface area contributed by atoms with Crippen LogP contribution >= 0.6 is 11.6 Å². The third-order valence-corrected chi connectivity index (χ3v) is 5.95. The molecule has 2 aromatic rings. The molecular weight excluding hydrogens is 433 g/mol. The molecule has 2 fully saturated rings. The van der Waals surface area contributed by atoms with Gasteiger partial charge >= 0.3 is 6.16 Å². The fourth-order valence-electron chi connectivity index (χ4n) is 4.01. The Bertz CT molecular complexity index is 1070. The van der Waals surface area contributed by atoms with Crippen molar-refractivity contribution in [2.24, 2.45) is 0 Å². The van der Waals surface area contributed by atoms with E-state index >= 15 is 4.39 Å². The van der Waals surface area contributed by atoms with E-state index in [9.17, 15) is 14.7 Å². The third kappa shape index (κ3) is 4.33. The molecule has 1 aliphatic heterocycles. The van der Waals surface area contributed by atoms with E-state index in [1.54, 1.807) is 9.47 Å². The molecule has 0 spiro atoms. The molecule has 0 bridgehead atoms. The molecule has 168 valence electrons. The Morgan fingerprint density at radius 3 is 2.55 bits per heavy atom. The average molecular weight is 456 g/mol. The largest absolute Gasteiger partial charge is 0.511 e. The van der Waals surface area contributed by atoms with Gasteiger partial charge in [-0.05, 0) is 18.9 Å². The molecule has 2 heterocycles. The highest BCUT2D eigenvalue weighted by molar-refractivity contribution is 6.34. The lowest BCUT2D eigenvalue weighted by atomic mass is 10.1. The van der Waals surface area contributed by atoms with Gasteiger partial charge in [-0.15, -0.1) is 0 Å². The number of carboxylic acid groups (broad SMARTS) is 1. The van der Waals surface area contributed by atoms with E-state index in [2.05, 4.69) is 4.74 Å². The second kappa shape index (κ2) is 8.62. The quantitative estimate of drug-likeness (QED) is 0.563. The molecule has 11 heteroatoms. The number of aliphatic hydroxyl groups is 2. The highest BCUT2D eigenvalue weighted by Gasteiger charge is 2.31. The summed E-state index contributed by atoms with van der Waals surface area (Å²) in [5, 5.41) is 27.6. The van der Waals surface area contributed by atoms with Crippen molar-refractivity contribution in [2.75, 3.05) is 44.2 Å². The number of anilines is 1. The van der Waals surface area contributed by atoms with Crippen LogP contribution in [0.1, 0.15) is 18.9 Å². The summed E-state index contributed by atoms with van der Waals surface area (Å²) in [5.41, 5.74) is -0.454. The molecule has 3 N–H and O–H groups in total. The minimum Gasteiger partial charge on any atom is -0.449 e. The number of fused-ring (bicyclic) bond motifs is 1. The maximum absolute atomic E-state index is 15.8. The minimum atomic E-state index is -1.62. The summed E-state index contributed by atoms with van der Waals surface area (Å²) in [6, 6.07) is 1.33. The summed E-state index contributed by atoms with van der Waals surface area (Å²) in [5.74, 6) is -1.01. The van der Waals surface area contributed by atoms with Gasteiger partial charge in [-0.25, -0.2) is 9.18 Å². The number of hydrogen-bond donors (Lipinski definition) is 3. The second-order valence-corrected chi connectivity index (χ2v) is 8.28. The van der Waals surface area contributed by atoms with Crippen molar-refractivity contribution >= 4 is 34.3 Å². The van der Waals surface area contributed by atoms with E-state index in [4.69, 9.17) is 21.8 Å². The summed E-state index contributed by atoms with van der Waals surface area (Å²) in [4.78, 5) is 27.5. The van der Waals surface area contributed by atoms with Gasteiger partial charge in [-0.1, -0.05) is 11.6 Å². The number of halogens is 2. The predicted octanol–water partition coefficient (Wildman–Crippen LogP) is 1.66. The molecule has 31 heavy (non-hydrogen) atoms. The monoisotopic (exact) mass is 455 g/mol. The average Bonchev–Trinajstić information content (AvgIpc) is 3.56. The number of ether oxygens (including phenoxy) is 1. The van der Waals surface area contributed by atoms with Crippen molar-refractivity contribution < 1.29 is 29.2 Å². The van der Waals surface area contributed by atoms with Crippen LogP contribution in [0.2, 0.25) is 5.02 Å². The Kier molecular flexibility index (Phi) is 6.07. The number of hydrogen-bond acceptors (Lipinski definition) is 7. The number of rotatable bonds is 6. The van der Waals surface area contributed by atoms with Crippen LogP contribution in [0.5, 0.6) is 5.75 Å². The van der Waals surface area contributed by atoms with Crippen LogP contribution in [0, 0.1) is 5.82 Å². The van der Waals surface area contributed by atoms with Crippen molar-refractivity contribution in [3.63, 3.8) is 0 Å². The smallest absolute Gasteiger partial charge is 0.449 e. The molecular formula is C20H23ClFN3O6. The van der Waals surface area contributed by atoms with Gasteiger partial charge in [0.15, 0.2) is 11.6 Å². The van der Waals surface area contributed by atoms with Crippen LogP contribution in [0.3, 0.4) is 0 Å². The van der Waals surface area contributed by atoms with Gasteiger partial charge in [0.1, 0.15) is 0 Å². The van der Waals surface area contributed by atoms with Crippen LogP contribution < -0.4 is 15.1 Å². The lowest BCUT2D eigenvalue weighted by Crippen LogP contribution is -2.49. The molecule has 1 aliphatic carbocycles. The Morgan fingerprint density at radius 2 is 1.97 bits per heavy atom. The molecule has 0 radical (unpaired) electrons. The Labute approximate surface area is 181 Å². The summed E-state index contributed by atoms with van der Waals surface area (Å²) in [6.07, 6.45) is 0.376. The predicted molar refractivity (Wildman–Crippen MR) is 112 cm³/mol. The van der Waals surface area contributed by atoms with Crippen molar-refractivity contribution in [3.8, 4) is 5.75 Å². The SMILES string of the molecule is O=C(O)Oc1cn(C2CC2)c2c(F)c(N3CCN(CC(O)CO)CC3)c(Cl)cc2c1=O. The standard InChI is InChI=1S/C20H23ClFN3O6/c21-14-7-13-17(25(11-1-2-11)9-15(19(13)28)31-20(29)30)16(22)18(14)24-5-3-23(4-6-24)8-12(27)10-26/h7,9,11-12,26-27H,1-6,8,10H2,(H,29,30). The zero-order chi connectivity index (χ0) is 22.3. The molecule has 2 aliphatic rings. The topological polar surface area (TPSA) is 115 Å². The number of aromatic nitrogens is 1.